The molecule has 1 fully saturated rings. The average Bonchev–Trinajstić information content (AvgIpc) is 2.41. The number of hydrogen-bond acceptors (Lipinski definition) is 8. The van der Waals surface area contributed by atoms with Gasteiger partial charge in [0.2, 0.25) is 0 Å². The number of nitriles is 1. The molecule has 5 atom stereocenters. The molecule has 122 valence electrons. The van der Waals surface area contributed by atoms with E-state index < -0.39 is 48.2 Å². The van der Waals surface area contributed by atoms with Gasteiger partial charge in [0.05, 0.1) is 6.07 Å². The summed E-state index contributed by atoms with van der Waals surface area (Å²) in [6, 6.07) is 1.90. The minimum atomic E-state index is -1.04. The highest BCUT2D eigenvalue weighted by Gasteiger charge is 2.47. The van der Waals surface area contributed by atoms with Crippen LogP contribution >= 0.6 is 0 Å². The SMILES string of the molecule is CC(=O)OCC1O[C@@H](C#N)C(OC(C)=O)C(C)[C@H]1OC(C)=O. The topological polar surface area (TPSA) is 112 Å². The van der Waals surface area contributed by atoms with E-state index in [0.29, 0.717) is 0 Å². The van der Waals surface area contributed by atoms with Gasteiger partial charge in [-0.15, -0.1) is 0 Å². The highest BCUT2D eigenvalue weighted by Crippen LogP contribution is 2.30. The van der Waals surface area contributed by atoms with Crippen LogP contribution < -0.4 is 0 Å². The van der Waals surface area contributed by atoms with Gasteiger partial charge in [0.1, 0.15) is 24.9 Å². The van der Waals surface area contributed by atoms with Gasteiger partial charge in [0.15, 0.2) is 6.10 Å². The first kappa shape index (κ1) is 17.9. The van der Waals surface area contributed by atoms with Crippen molar-refractivity contribution in [3.63, 3.8) is 0 Å². The van der Waals surface area contributed by atoms with Gasteiger partial charge in [0.25, 0.3) is 0 Å². The normalized spacial score (nSPS) is 30.8. The third kappa shape index (κ3) is 4.70. The zero-order valence-electron chi connectivity index (χ0n) is 12.9. The molecule has 1 saturated heterocycles. The number of nitrogens with zero attached hydrogens (tertiary/aromatic N) is 1. The number of ether oxygens (including phenoxy) is 4. The summed E-state index contributed by atoms with van der Waals surface area (Å²) < 4.78 is 20.7. The van der Waals surface area contributed by atoms with Crippen LogP contribution in [0.25, 0.3) is 0 Å². The molecule has 1 rings (SSSR count). The summed E-state index contributed by atoms with van der Waals surface area (Å²) in [4.78, 5) is 33.4. The fraction of sp³-hybridized carbons (Fsp3) is 0.714. The fourth-order valence-electron chi connectivity index (χ4n) is 2.32. The molecule has 0 aromatic rings. The second kappa shape index (κ2) is 7.75. The average molecular weight is 313 g/mol. The van der Waals surface area contributed by atoms with Crippen molar-refractivity contribution < 1.29 is 33.3 Å². The Hall–Kier alpha value is -2.14. The number of carbonyl (C=O) groups is 3. The maximum absolute atomic E-state index is 11.3. The van der Waals surface area contributed by atoms with E-state index in [1.54, 1.807) is 6.92 Å². The van der Waals surface area contributed by atoms with Crippen molar-refractivity contribution in [1.29, 1.82) is 5.26 Å². The molecule has 1 aliphatic heterocycles. The molecule has 1 aliphatic rings. The molecule has 1 heterocycles. The molecule has 0 aromatic carbocycles. The van der Waals surface area contributed by atoms with E-state index in [0.717, 1.165) is 0 Å². The Morgan fingerprint density at radius 3 is 2.05 bits per heavy atom. The number of carbonyl (C=O) groups excluding carboxylic acids is 3. The smallest absolute Gasteiger partial charge is 0.303 e. The Kier molecular flexibility index (Phi) is 6.31. The van der Waals surface area contributed by atoms with Crippen LogP contribution in [0.2, 0.25) is 0 Å². The number of rotatable bonds is 4. The summed E-state index contributed by atoms with van der Waals surface area (Å²) in [7, 11) is 0. The number of hydrogen-bond donors (Lipinski definition) is 0. The molecular weight excluding hydrogens is 294 g/mol. The maximum atomic E-state index is 11.3. The van der Waals surface area contributed by atoms with E-state index in [1.165, 1.54) is 20.8 Å². The maximum Gasteiger partial charge on any atom is 0.303 e. The molecule has 0 N–H and O–H groups in total. The molecule has 0 bridgehead atoms. The molecule has 0 spiro atoms. The molecule has 22 heavy (non-hydrogen) atoms. The molecule has 0 amide bonds. The van der Waals surface area contributed by atoms with Gasteiger partial charge in [-0.25, -0.2) is 0 Å². The van der Waals surface area contributed by atoms with Crippen LogP contribution in [0.15, 0.2) is 0 Å². The Morgan fingerprint density at radius 1 is 1.05 bits per heavy atom. The third-order valence-electron chi connectivity index (χ3n) is 3.20. The fourth-order valence-corrected chi connectivity index (χ4v) is 2.32. The van der Waals surface area contributed by atoms with E-state index in [2.05, 4.69) is 0 Å². The van der Waals surface area contributed by atoms with Crippen LogP contribution in [-0.2, 0) is 33.3 Å². The monoisotopic (exact) mass is 313 g/mol. The third-order valence-corrected chi connectivity index (χ3v) is 3.20. The molecule has 0 aliphatic carbocycles. The highest BCUT2D eigenvalue weighted by atomic mass is 16.6. The second-order valence-electron chi connectivity index (χ2n) is 5.03. The Bertz CT molecular complexity index is 482. The first-order valence-corrected chi connectivity index (χ1v) is 6.79. The lowest BCUT2D eigenvalue weighted by molar-refractivity contribution is -0.218. The van der Waals surface area contributed by atoms with E-state index >= 15 is 0 Å². The van der Waals surface area contributed by atoms with E-state index in [1.807, 2.05) is 6.07 Å². The molecule has 8 heteroatoms. The Morgan fingerprint density at radius 2 is 1.59 bits per heavy atom. The molecular formula is C14H19NO7. The van der Waals surface area contributed by atoms with Crippen LogP contribution in [0.1, 0.15) is 27.7 Å². The van der Waals surface area contributed by atoms with Crippen molar-refractivity contribution in [1.82, 2.24) is 0 Å². The number of esters is 3. The summed E-state index contributed by atoms with van der Waals surface area (Å²) in [5.41, 5.74) is 0. The largest absolute Gasteiger partial charge is 0.463 e. The zero-order valence-corrected chi connectivity index (χ0v) is 12.9. The Labute approximate surface area is 128 Å². The van der Waals surface area contributed by atoms with Crippen molar-refractivity contribution in [2.24, 2.45) is 5.92 Å². The minimum absolute atomic E-state index is 0.164. The minimum Gasteiger partial charge on any atom is -0.463 e. The lowest BCUT2D eigenvalue weighted by Gasteiger charge is -2.41. The van der Waals surface area contributed by atoms with Crippen LogP contribution in [0, 0.1) is 17.2 Å². The van der Waals surface area contributed by atoms with Gasteiger partial charge in [-0.3, -0.25) is 14.4 Å². The lowest BCUT2D eigenvalue weighted by atomic mass is 9.87. The van der Waals surface area contributed by atoms with Crippen molar-refractivity contribution in [2.45, 2.75) is 52.1 Å². The van der Waals surface area contributed by atoms with Gasteiger partial charge in [0, 0.05) is 26.7 Å². The van der Waals surface area contributed by atoms with Gasteiger partial charge in [-0.2, -0.15) is 5.26 Å². The molecule has 0 saturated carbocycles. The van der Waals surface area contributed by atoms with Crippen LogP contribution in [0.5, 0.6) is 0 Å². The van der Waals surface area contributed by atoms with Crippen molar-refractivity contribution in [3.8, 4) is 6.07 Å². The van der Waals surface area contributed by atoms with E-state index in [9.17, 15) is 19.6 Å². The van der Waals surface area contributed by atoms with E-state index in [-0.39, 0.29) is 6.61 Å². The van der Waals surface area contributed by atoms with Gasteiger partial charge in [-0.05, 0) is 0 Å². The van der Waals surface area contributed by atoms with Gasteiger partial charge in [-0.1, -0.05) is 6.92 Å². The summed E-state index contributed by atoms with van der Waals surface area (Å²) in [6.45, 7) is 5.19. The van der Waals surface area contributed by atoms with Crippen LogP contribution in [-0.4, -0.2) is 48.9 Å². The standard InChI is InChI=1S/C14H19NO7/c1-7-13(20-9(3)17)11(5-15)22-12(6-19-8(2)16)14(7)21-10(4)18/h7,11-14H,6H2,1-4H3/t7?,11-,12?,13?,14+/m0/s1. The summed E-state index contributed by atoms with van der Waals surface area (Å²) in [5, 5.41) is 9.17. The summed E-state index contributed by atoms with van der Waals surface area (Å²) in [5.74, 6) is -2.13. The van der Waals surface area contributed by atoms with Crippen molar-refractivity contribution in [3.05, 3.63) is 0 Å². The molecule has 0 aromatic heterocycles. The van der Waals surface area contributed by atoms with Gasteiger partial charge >= 0.3 is 17.9 Å². The Balaban J connectivity index is 2.97. The summed E-state index contributed by atoms with van der Waals surface area (Å²) in [6.07, 6.45) is -3.52. The van der Waals surface area contributed by atoms with E-state index in [4.69, 9.17) is 18.9 Å². The molecule has 3 unspecified atom stereocenters. The quantitative estimate of drug-likeness (QED) is 0.539. The zero-order chi connectivity index (χ0) is 16.9. The predicted molar refractivity (Wildman–Crippen MR) is 71.2 cm³/mol. The van der Waals surface area contributed by atoms with Gasteiger partial charge < -0.3 is 18.9 Å². The molecule has 0 radical (unpaired) electrons. The highest BCUT2D eigenvalue weighted by molar-refractivity contribution is 5.67. The first-order valence-electron chi connectivity index (χ1n) is 6.79. The second-order valence-corrected chi connectivity index (χ2v) is 5.03. The summed E-state index contributed by atoms with van der Waals surface area (Å²) >= 11 is 0. The van der Waals surface area contributed by atoms with Crippen molar-refractivity contribution in [2.75, 3.05) is 6.61 Å². The molecule has 8 nitrogen and oxygen atoms in total. The van der Waals surface area contributed by atoms with Crippen molar-refractivity contribution >= 4 is 17.9 Å². The van der Waals surface area contributed by atoms with Crippen LogP contribution in [0.4, 0.5) is 0 Å². The lowest BCUT2D eigenvalue weighted by Crippen LogP contribution is -2.56. The van der Waals surface area contributed by atoms with Crippen LogP contribution in [0.3, 0.4) is 0 Å². The first-order chi connectivity index (χ1) is 10.3. The predicted octanol–water partition coefficient (Wildman–Crippen LogP) is 0.340.